The van der Waals surface area contributed by atoms with Crippen LogP contribution < -0.4 is 10.2 Å². The van der Waals surface area contributed by atoms with Crippen molar-refractivity contribution < 1.29 is 17.2 Å². The van der Waals surface area contributed by atoms with Crippen LogP contribution in [-0.2, 0) is 16.9 Å². The summed E-state index contributed by atoms with van der Waals surface area (Å²) in [6.45, 7) is 1.87. The van der Waals surface area contributed by atoms with Crippen molar-refractivity contribution in [1.29, 1.82) is 0 Å². The van der Waals surface area contributed by atoms with Crippen molar-refractivity contribution in [3.8, 4) is 11.4 Å². The van der Waals surface area contributed by atoms with Crippen molar-refractivity contribution in [3.05, 3.63) is 53.4 Å². The monoisotopic (exact) mass is 514 g/mol. The average molecular weight is 515 g/mol. The lowest BCUT2D eigenvalue weighted by molar-refractivity contribution is 0.556. The van der Waals surface area contributed by atoms with Gasteiger partial charge in [-0.25, -0.2) is 22.2 Å². The van der Waals surface area contributed by atoms with E-state index in [1.807, 2.05) is 19.1 Å². The molecule has 0 bridgehead atoms. The molecule has 0 unspecified atom stereocenters. The van der Waals surface area contributed by atoms with E-state index < -0.39 is 26.4 Å². The lowest BCUT2D eigenvalue weighted by atomic mass is 10.1. The zero-order chi connectivity index (χ0) is 25.8. The summed E-state index contributed by atoms with van der Waals surface area (Å²) in [6, 6.07) is 5.14. The number of rotatable bonds is 7. The maximum Gasteiger partial charge on any atom is 0.232 e. The third-order valence-corrected chi connectivity index (χ3v) is 7.00. The Hall–Kier alpha value is -3.87. The van der Waals surface area contributed by atoms with Gasteiger partial charge in [-0.1, -0.05) is 0 Å². The summed E-state index contributed by atoms with van der Waals surface area (Å²) in [6.07, 6.45) is 4.53. The molecule has 2 N–H and O–H groups in total. The highest BCUT2D eigenvalue weighted by atomic mass is 32.2. The number of nitrogens with one attached hydrogen (secondary N) is 2. The molecule has 0 atom stereocenters. The number of nitrogens with zero attached hydrogens (tertiary/aromatic N) is 6. The van der Waals surface area contributed by atoms with Gasteiger partial charge in [-0.05, 0) is 37.8 Å². The Morgan fingerprint density at radius 2 is 1.92 bits per heavy atom. The molecule has 0 radical (unpaired) electrons. The minimum absolute atomic E-state index is 0.0696. The molecule has 0 saturated heterocycles. The highest BCUT2D eigenvalue weighted by molar-refractivity contribution is 7.90. The second-order valence-electron chi connectivity index (χ2n) is 8.91. The number of anilines is 4. The Morgan fingerprint density at radius 1 is 1.17 bits per heavy atom. The van der Waals surface area contributed by atoms with E-state index in [0.717, 1.165) is 36.4 Å². The van der Waals surface area contributed by atoms with Gasteiger partial charge in [0.25, 0.3) is 0 Å². The largest absolute Gasteiger partial charge is 0.323 e. The van der Waals surface area contributed by atoms with E-state index >= 15 is 4.39 Å². The summed E-state index contributed by atoms with van der Waals surface area (Å²) in [5.74, 6) is -0.678. The van der Waals surface area contributed by atoms with E-state index in [1.54, 1.807) is 17.9 Å². The molecule has 188 valence electrons. The number of aryl methyl sites for hydroxylation is 2. The molecule has 0 spiro atoms. The van der Waals surface area contributed by atoms with Crippen molar-refractivity contribution in [2.24, 2.45) is 7.05 Å². The number of hydrogen-bond acceptors (Lipinski definition) is 8. The number of aromatic amines is 1. The third-order valence-electron chi connectivity index (χ3n) is 5.89. The maximum absolute atomic E-state index is 15.0. The van der Waals surface area contributed by atoms with Gasteiger partial charge in [-0.3, -0.25) is 9.78 Å². The molecule has 0 aliphatic heterocycles. The van der Waals surface area contributed by atoms with Crippen molar-refractivity contribution in [1.82, 2.24) is 29.9 Å². The van der Waals surface area contributed by atoms with E-state index in [0.29, 0.717) is 29.1 Å². The molecule has 1 aliphatic rings. The van der Waals surface area contributed by atoms with E-state index in [4.69, 9.17) is 4.98 Å². The van der Waals surface area contributed by atoms with Crippen LogP contribution in [0, 0.1) is 18.6 Å². The quantitative estimate of drug-likeness (QED) is 0.380. The summed E-state index contributed by atoms with van der Waals surface area (Å²) in [4.78, 5) is 9.92. The van der Waals surface area contributed by atoms with Crippen LogP contribution in [0.4, 0.5) is 32.1 Å². The number of aromatic nitrogens is 6. The first-order valence-corrected chi connectivity index (χ1v) is 13.0. The van der Waals surface area contributed by atoms with Crippen LogP contribution in [0.5, 0.6) is 0 Å². The Balaban J connectivity index is 1.67. The summed E-state index contributed by atoms with van der Waals surface area (Å²) >= 11 is 0. The van der Waals surface area contributed by atoms with Crippen LogP contribution in [0.3, 0.4) is 0 Å². The van der Waals surface area contributed by atoms with Crippen molar-refractivity contribution in [3.63, 3.8) is 0 Å². The Bertz CT molecular complexity index is 1580. The molecule has 1 saturated carbocycles. The molecule has 1 fully saturated rings. The van der Waals surface area contributed by atoms with E-state index in [9.17, 15) is 12.8 Å². The predicted octanol–water partition coefficient (Wildman–Crippen LogP) is 3.98. The fourth-order valence-corrected chi connectivity index (χ4v) is 4.70. The smallest absolute Gasteiger partial charge is 0.232 e. The SMILES string of the molecule is Cc1cc(Nc2nc(N(C)c3cc(F)c(S(C)(=O)=O)cc3F)nc(-c3ccn(C)n3)c2C2CC2)n[nH]1. The summed E-state index contributed by atoms with van der Waals surface area (Å²) in [5.41, 5.74) is 2.68. The van der Waals surface area contributed by atoms with Gasteiger partial charge in [0.1, 0.15) is 33.7 Å². The van der Waals surface area contributed by atoms with Crippen LogP contribution in [0.25, 0.3) is 11.4 Å². The molecule has 3 aromatic heterocycles. The van der Waals surface area contributed by atoms with Gasteiger partial charge in [0.05, 0.1) is 5.69 Å². The average Bonchev–Trinajstić information content (AvgIpc) is 3.42. The number of H-pyrrole nitrogens is 1. The normalized spacial score (nSPS) is 13.7. The first-order chi connectivity index (χ1) is 17.0. The van der Waals surface area contributed by atoms with Crippen molar-refractivity contribution in [2.45, 2.75) is 30.6 Å². The molecule has 1 aliphatic carbocycles. The first-order valence-electron chi connectivity index (χ1n) is 11.1. The summed E-state index contributed by atoms with van der Waals surface area (Å²) in [5, 5.41) is 14.8. The van der Waals surface area contributed by atoms with Crippen molar-refractivity contribution in [2.75, 3.05) is 23.5 Å². The topological polar surface area (TPSA) is 122 Å². The van der Waals surface area contributed by atoms with Crippen LogP contribution in [0.15, 0.2) is 35.4 Å². The maximum atomic E-state index is 15.0. The second-order valence-corrected chi connectivity index (χ2v) is 10.9. The van der Waals surface area contributed by atoms with Crippen LogP contribution >= 0.6 is 0 Å². The van der Waals surface area contributed by atoms with Crippen LogP contribution in [0.1, 0.15) is 30.0 Å². The lowest BCUT2D eigenvalue weighted by Gasteiger charge is -2.22. The minimum Gasteiger partial charge on any atom is -0.323 e. The van der Waals surface area contributed by atoms with Gasteiger partial charge in [0.2, 0.25) is 5.95 Å². The van der Waals surface area contributed by atoms with E-state index in [2.05, 4.69) is 25.6 Å². The predicted molar refractivity (Wildman–Crippen MR) is 130 cm³/mol. The van der Waals surface area contributed by atoms with Crippen molar-refractivity contribution >= 4 is 33.1 Å². The zero-order valence-electron chi connectivity index (χ0n) is 20.0. The van der Waals surface area contributed by atoms with Crippen LogP contribution in [0.2, 0.25) is 0 Å². The van der Waals surface area contributed by atoms with Gasteiger partial charge in [-0.15, -0.1) is 0 Å². The molecule has 13 heteroatoms. The molecular formula is C23H24F2N8O2S. The molecule has 3 heterocycles. The number of benzene rings is 1. The Morgan fingerprint density at radius 3 is 2.50 bits per heavy atom. The number of hydrogen-bond donors (Lipinski definition) is 2. The van der Waals surface area contributed by atoms with Gasteiger partial charge in [0, 0.05) is 49.9 Å². The third kappa shape index (κ3) is 4.53. The number of sulfone groups is 1. The Labute approximate surface area is 206 Å². The number of halogens is 2. The minimum atomic E-state index is -3.95. The lowest BCUT2D eigenvalue weighted by Crippen LogP contribution is -2.18. The first kappa shape index (κ1) is 23.9. The molecule has 36 heavy (non-hydrogen) atoms. The summed E-state index contributed by atoms with van der Waals surface area (Å²) in [7, 11) is -0.672. The molecule has 5 rings (SSSR count). The Kier molecular flexibility index (Phi) is 5.74. The molecule has 1 aromatic carbocycles. The van der Waals surface area contributed by atoms with E-state index in [1.165, 1.54) is 11.9 Å². The fourth-order valence-electron chi connectivity index (χ4n) is 3.97. The molecule has 0 amide bonds. The van der Waals surface area contributed by atoms with Crippen LogP contribution in [-0.4, -0.2) is 51.7 Å². The highest BCUT2D eigenvalue weighted by Gasteiger charge is 2.33. The standard InChI is InChI=1S/C23H24F2N8O2S/c1-12-9-19(30-29-12)26-22-20(13-5-6-13)21(16-7-8-32(2)31-16)27-23(28-22)33(3)17-10-15(25)18(11-14(17)24)36(4,34)35/h7-11,13H,5-6H2,1-4H3,(H2,26,27,28,29,30). The molecule has 10 nitrogen and oxygen atoms in total. The second kappa shape index (κ2) is 8.66. The fraction of sp³-hybridized carbons (Fsp3) is 0.304. The summed E-state index contributed by atoms with van der Waals surface area (Å²) < 4.78 is 55.0. The van der Waals surface area contributed by atoms with Gasteiger partial charge >= 0.3 is 0 Å². The van der Waals surface area contributed by atoms with Gasteiger partial charge < -0.3 is 10.2 Å². The highest BCUT2D eigenvalue weighted by Crippen LogP contribution is 2.48. The van der Waals surface area contributed by atoms with Gasteiger partial charge in [0.15, 0.2) is 15.7 Å². The van der Waals surface area contributed by atoms with Gasteiger partial charge in [-0.2, -0.15) is 15.2 Å². The molecule has 4 aromatic rings. The van der Waals surface area contributed by atoms with E-state index in [-0.39, 0.29) is 17.6 Å². The molecular weight excluding hydrogens is 490 g/mol. The zero-order valence-corrected chi connectivity index (χ0v) is 20.9.